The van der Waals surface area contributed by atoms with Crippen LogP contribution < -0.4 is 10.5 Å². The zero-order valence-corrected chi connectivity index (χ0v) is 17.1. The van der Waals surface area contributed by atoms with E-state index in [2.05, 4.69) is 9.68 Å². The van der Waals surface area contributed by atoms with Gasteiger partial charge in [-0.15, -0.1) is 0 Å². The van der Waals surface area contributed by atoms with Gasteiger partial charge in [-0.3, -0.25) is 10.1 Å². The highest BCUT2D eigenvalue weighted by Crippen LogP contribution is 2.36. The van der Waals surface area contributed by atoms with Crippen LogP contribution in [-0.2, 0) is 42.2 Å². The van der Waals surface area contributed by atoms with Gasteiger partial charge in [0, 0.05) is 27.2 Å². The van der Waals surface area contributed by atoms with E-state index in [-0.39, 0.29) is 0 Å². The smallest absolute Gasteiger partial charge is 0.352 e. The molecule has 28 heavy (non-hydrogen) atoms. The Morgan fingerprint density at radius 1 is 1.18 bits per heavy atom. The van der Waals surface area contributed by atoms with Gasteiger partial charge < -0.3 is 10.4 Å². The van der Waals surface area contributed by atoms with Gasteiger partial charge in [0.15, 0.2) is 0 Å². The van der Waals surface area contributed by atoms with E-state index in [9.17, 15) is 9.90 Å². The molecule has 1 atom stereocenters. The summed E-state index contributed by atoms with van der Waals surface area (Å²) in [5, 5.41) is 19.4. The van der Waals surface area contributed by atoms with Gasteiger partial charge >= 0.3 is 6.03 Å². The molecule has 0 radical (unpaired) electrons. The minimum Gasteiger partial charge on any atom is -0.386 e. The third-order valence-electron chi connectivity index (χ3n) is 5.45. The predicted molar refractivity (Wildman–Crippen MR) is 111 cm³/mol. The SMILES string of the molecule is CC(C)(O)c1cccc(S(N)=NC(=O)Nc2c3c(nc4c2CCC4)CCC3)c1. The fourth-order valence-corrected chi connectivity index (χ4v) is 4.81. The van der Waals surface area contributed by atoms with E-state index >= 15 is 0 Å². The lowest BCUT2D eigenvalue weighted by atomic mass is 9.99. The Labute approximate surface area is 167 Å². The first-order chi connectivity index (χ1) is 13.3. The van der Waals surface area contributed by atoms with Gasteiger partial charge in [-0.1, -0.05) is 12.1 Å². The maximum absolute atomic E-state index is 12.7. The van der Waals surface area contributed by atoms with Crippen LogP contribution in [-0.4, -0.2) is 16.1 Å². The first-order valence-electron chi connectivity index (χ1n) is 9.71. The molecule has 0 fully saturated rings. The Kier molecular flexibility index (Phi) is 5.07. The molecule has 1 heterocycles. The van der Waals surface area contributed by atoms with Crippen molar-refractivity contribution >= 4 is 22.6 Å². The number of aryl methyl sites for hydroxylation is 2. The lowest BCUT2D eigenvalue weighted by molar-refractivity contribution is 0.0784. The van der Waals surface area contributed by atoms with E-state index in [1.165, 1.54) is 11.1 Å². The third kappa shape index (κ3) is 3.74. The summed E-state index contributed by atoms with van der Waals surface area (Å²) >= 11 is 0. The number of benzene rings is 1. The number of aromatic nitrogens is 1. The molecule has 6 nitrogen and oxygen atoms in total. The number of anilines is 1. The molecule has 1 aromatic heterocycles. The van der Waals surface area contributed by atoms with E-state index < -0.39 is 22.5 Å². The van der Waals surface area contributed by atoms with Gasteiger partial charge in [-0.25, -0.2) is 4.79 Å². The zero-order valence-electron chi connectivity index (χ0n) is 16.3. The van der Waals surface area contributed by atoms with Crippen molar-refractivity contribution in [2.24, 2.45) is 9.50 Å². The third-order valence-corrected chi connectivity index (χ3v) is 6.55. The number of pyridine rings is 1. The largest absolute Gasteiger partial charge is 0.386 e. The number of fused-ring (bicyclic) bond motifs is 2. The Balaban J connectivity index is 1.60. The highest BCUT2D eigenvalue weighted by atomic mass is 32.2. The Hall–Kier alpha value is -2.09. The van der Waals surface area contributed by atoms with Crippen LogP contribution in [0.25, 0.3) is 0 Å². The van der Waals surface area contributed by atoms with Gasteiger partial charge in [0.25, 0.3) is 0 Å². The maximum atomic E-state index is 12.7. The van der Waals surface area contributed by atoms with Crippen molar-refractivity contribution in [3.8, 4) is 0 Å². The fraction of sp³-hybridized carbons (Fsp3) is 0.429. The lowest BCUT2D eigenvalue weighted by Crippen LogP contribution is -2.17. The highest BCUT2D eigenvalue weighted by molar-refractivity contribution is 7.85. The molecular formula is C21H26N4O2S. The number of carbonyl (C=O) groups is 1. The minimum atomic E-state index is -1.09. The number of urea groups is 1. The van der Waals surface area contributed by atoms with E-state index in [1.54, 1.807) is 13.8 Å². The summed E-state index contributed by atoms with van der Waals surface area (Å²) in [6, 6.07) is 6.88. The number of nitrogens with two attached hydrogens (primary N) is 1. The van der Waals surface area contributed by atoms with Crippen LogP contribution in [0.15, 0.2) is 33.5 Å². The summed E-state index contributed by atoms with van der Waals surface area (Å²) in [4.78, 5) is 18.2. The molecule has 0 saturated heterocycles. The topological polar surface area (TPSA) is 101 Å². The zero-order chi connectivity index (χ0) is 19.9. The summed E-state index contributed by atoms with van der Waals surface area (Å²) < 4.78 is 4.17. The summed E-state index contributed by atoms with van der Waals surface area (Å²) in [7, 11) is -1.09. The van der Waals surface area contributed by atoms with Gasteiger partial charge in [0.05, 0.1) is 11.3 Å². The average molecular weight is 399 g/mol. The first-order valence-corrected chi connectivity index (χ1v) is 11.0. The normalized spacial score (nSPS) is 16.7. The second-order valence-corrected chi connectivity index (χ2v) is 9.25. The van der Waals surface area contributed by atoms with Crippen LogP contribution in [0.2, 0.25) is 0 Å². The van der Waals surface area contributed by atoms with Crippen molar-refractivity contribution in [1.82, 2.24) is 4.98 Å². The van der Waals surface area contributed by atoms with Crippen LogP contribution >= 0.6 is 0 Å². The Morgan fingerprint density at radius 2 is 1.82 bits per heavy atom. The number of hydrogen-bond acceptors (Lipinski definition) is 3. The van der Waals surface area contributed by atoms with Crippen molar-refractivity contribution < 1.29 is 9.90 Å². The summed E-state index contributed by atoms with van der Waals surface area (Å²) in [6.45, 7) is 3.43. The fourth-order valence-electron chi connectivity index (χ4n) is 4.02. The van der Waals surface area contributed by atoms with Gasteiger partial charge in [0.1, 0.15) is 0 Å². The highest BCUT2D eigenvalue weighted by Gasteiger charge is 2.26. The molecule has 2 aliphatic rings. The van der Waals surface area contributed by atoms with E-state index in [0.29, 0.717) is 0 Å². The molecule has 4 N–H and O–H groups in total. The molecule has 1 aromatic carbocycles. The number of rotatable bonds is 3. The number of amides is 2. The average Bonchev–Trinajstić information content (AvgIpc) is 3.30. The van der Waals surface area contributed by atoms with Crippen LogP contribution in [0.1, 0.15) is 54.8 Å². The Bertz CT molecular complexity index is 947. The van der Waals surface area contributed by atoms with E-state index in [1.807, 2.05) is 24.3 Å². The van der Waals surface area contributed by atoms with Crippen LogP contribution in [0.3, 0.4) is 0 Å². The number of nitrogens with one attached hydrogen (secondary N) is 1. The Morgan fingerprint density at radius 3 is 2.43 bits per heavy atom. The van der Waals surface area contributed by atoms with E-state index in [0.717, 1.165) is 66.1 Å². The van der Waals surface area contributed by atoms with E-state index in [4.69, 9.17) is 10.1 Å². The molecule has 4 rings (SSSR count). The molecule has 0 saturated carbocycles. The van der Waals surface area contributed by atoms with Crippen LogP contribution in [0.4, 0.5) is 10.5 Å². The van der Waals surface area contributed by atoms with Crippen LogP contribution in [0.5, 0.6) is 0 Å². The second kappa shape index (κ2) is 7.39. The lowest BCUT2D eigenvalue weighted by Gasteiger charge is -2.18. The predicted octanol–water partition coefficient (Wildman–Crippen LogP) is 3.55. The molecular weight excluding hydrogens is 372 g/mol. The molecule has 1 unspecified atom stereocenters. The maximum Gasteiger partial charge on any atom is 0.352 e. The van der Waals surface area contributed by atoms with Gasteiger partial charge in [0.2, 0.25) is 0 Å². The van der Waals surface area contributed by atoms with Crippen LogP contribution in [0, 0.1) is 0 Å². The number of carbonyl (C=O) groups excluding carboxylic acids is 1. The standard InChI is InChI=1S/C21H26N4O2S/c1-21(2,27)13-6-3-7-14(12-13)28(22)25-20(26)24-19-15-8-4-10-17(15)23-18-11-5-9-16(18)19/h3,6-7,12,27H,4-5,8-11H2,1-2H3,(H3,22,23,24,25,26). The molecule has 7 heteroatoms. The number of hydrogen-bond donors (Lipinski definition) is 3. The van der Waals surface area contributed by atoms with Crippen molar-refractivity contribution in [1.29, 1.82) is 0 Å². The minimum absolute atomic E-state index is 0.422. The quantitative estimate of drug-likeness (QED) is 0.736. The molecule has 148 valence electrons. The summed E-state index contributed by atoms with van der Waals surface area (Å²) in [5.74, 6) is 0. The molecule has 2 aromatic rings. The van der Waals surface area contributed by atoms with Crippen molar-refractivity contribution in [2.45, 2.75) is 62.9 Å². The number of aliphatic hydroxyl groups is 1. The molecule has 0 spiro atoms. The summed E-state index contributed by atoms with van der Waals surface area (Å²) in [6.07, 6.45) is 6.02. The van der Waals surface area contributed by atoms with Gasteiger partial charge in [-0.2, -0.15) is 4.36 Å². The van der Waals surface area contributed by atoms with Crippen molar-refractivity contribution in [3.05, 3.63) is 52.3 Å². The molecule has 0 aliphatic heterocycles. The van der Waals surface area contributed by atoms with Crippen molar-refractivity contribution in [3.63, 3.8) is 0 Å². The summed E-state index contributed by atoms with van der Waals surface area (Å²) in [5.41, 5.74) is 5.29. The molecule has 2 aliphatic carbocycles. The second-order valence-electron chi connectivity index (χ2n) is 7.97. The first kappa shape index (κ1) is 19.2. The van der Waals surface area contributed by atoms with Gasteiger partial charge in [-0.05, 0) is 81.2 Å². The monoisotopic (exact) mass is 398 g/mol. The number of nitrogens with zero attached hydrogens (tertiary/aromatic N) is 2. The van der Waals surface area contributed by atoms with Crippen molar-refractivity contribution in [2.75, 3.05) is 5.32 Å². The molecule has 2 amide bonds. The molecule has 0 bridgehead atoms.